The molecule has 106 valence electrons. The molecule has 0 saturated heterocycles. The Morgan fingerprint density at radius 3 is 2.00 bits per heavy atom. The maximum Gasteiger partial charge on any atom is 0.417 e. The number of alkyl halides is 6. The Morgan fingerprint density at radius 1 is 1.11 bits per heavy atom. The topological polar surface area (TPSA) is 26.3 Å². The zero-order valence-electron chi connectivity index (χ0n) is 9.12. The molecule has 0 aromatic heterocycles. The second-order valence-corrected chi connectivity index (χ2v) is 4.53. The molecule has 0 N–H and O–H groups in total. The van der Waals surface area contributed by atoms with E-state index in [9.17, 15) is 31.1 Å². The summed E-state index contributed by atoms with van der Waals surface area (Å²) in [6, 6.07) is 0.358. The second-order valence-electron chi connectivity index (χ2n) is 3.37. The van der Waals surface area contributed by atoms with Crippen molar-refractivity contribution in [2.45, 2.75) is 12.4 Å². The molecule has 19 heavy (non-hydrogen) atoms. The van der Waals surface area contributed by atoms with Crippen LogP contribution in [0.15, 0.2) is 12.1 Å². The quantitative estimate of drug-likeness (QED) is 0.405. The molecular formula is C10H5F6IO2. The third-order valence-corrected chi connectivity index (χ3v) is 2.96. The number of rotatable bonds is 1. The Kier molecular flexibility index (Phi) is 4.37. The van der Waals surface area contributed by atoms with Gasteiger partial charge in [0.25, 0.3) is 0 Å². The lowest BCUT2D eigenvalue weighted by atomic mass is 10.0. The van der Waals surface area contributed by atoms with Crippen molar-refractivity contribution in [3.05, 3.63) is 32.4 Å². The van der Waals surface area contributed by atoms with Crippen LogP contribution in [0.3, 0.4) is 0 Å². The average molecular weight is 398 g/mol. The van der Waals surface area contributed by atoms with Gasteiger partial charge in [-0.3, -0.25) is 0 Å². The Balaban J connectivity index is 3.62. The summed E-state index contributed by atoms with van der Waals surface area (Å²) in [5.74, 6) is -1.34. The Hall–Kier alpha value is -1.00. The minimum Gasteiger partial charge on any atom is -0.465 e. The highest BCUT2D eigenvalue weighted by atomic mass is 127. The van der Waals surface area contributed by atoms with Crippen LogP contribution in [0.5, 0.6) is 0 Å². The molecular weight excluding hydrogens is 393 g/mol. The minimum atomic E-state index is -5.09. The van der Waals surface area contributed by atoms with Crippen molar-refractivity contribution in [1.82, 2.24) is 0 Å². The molecule has 9 heteroatoms. The van der Waals surface area contributed by atoms with E-state index in [1.807, 2.05) is 0 Å². The second kappa shape index (κ2) is 5.17. The average Bonchev–Trinajstić information content (AvgIpc) is 2.24. The molecule has 1 aromatic rings. The van der Waals surface area contributed by atoms with Gasteiger partial charge < -0.3 is 4.74 Å². The number of carbonyl (C=O) groups excluding carboxylic acids is 1. The normalized spacial score (nSPS) is 12.4. The SMILES string of the molecule is COC(=O)c1c(I)cc(C(F)(F)F)cc1C(F)(F)F. The molecule has 0 unspecified atom stereocenters. The molecule has 0 spiro atoms. The summed E-state index contributed by atoms with van der Waals surface area (Å²) in [4.78, 5) is 11.3. The third-order valence-electron chi connectivity index (χ3n) is 2.11. The van der Waals surface area contributed by atoms with Gasteiger partial charge in [-0.25, -0.2) is 4.79 Å². The van der Waals surface area contributed by atoms with Crippen LogP contribution in [0.1, 0.15) is 21.5 Å². The van der Waals surface area contributed by atoms with Gasteiger partial charge in [0.2, 0.25) is 0 Å². The Morgan fingerprint density at radius 2 is 1.63 bits per heavy atom. The third kappa shape index (κ3) is 3.51. The van der Waals surface area contributed by atoms with Gasteiger partial charge in [-0.2, -0.15) is 26.3 Å². The number of ether oxygens (including phenoxy) is 1. The largest absolute Gasteiger partial charge is 0.465 e. The van der Waals surface area contributed by atoms with E-state index in [0.29, 0.717) is 6.07 Å². The van der Waals surface area contributed by atoms with E-state index in [1.165, 1.54) is 22.6 Å². The fourth-order valence-electron chi connectivity index (χ4n) is 1.30. The van der Waals surface area contributed by atoms with Crippen molar-refractivity contribution in [3.8, 4) is 0 Å². The first-order chi connectivity index (χ1) is 8.48. The van der Waals surface area contributed by atoms with Crippen LogP contribution in [-0.2, 0) is 17.1 Å². The molecule has 0 aliphatic rings. The summed E-state index contributed by atoms with van der Waals surface area (Å²) in [5, 5.41) is 0. The van der Waals surface area contributed by atoms with Crippen molar-refractivity contribution < 1.29 is 35.9 Å². The van der Waals surface area contributed by atoms with Crippen LogP contribution >= 0.6 is 22.6 Å². The van der Waals surface area contributed by atoms with Crippen LogP contribution in [0.4, 0.5) is 26.3 Å². The van der Waals surface area contributed by atoms with Crippen LogP contribution < -0.4 is 0 Å². The standard InChI is InChI=1S/C10H5F6IO2/c1-19-8(18)7-5(10(14,15)16)2-4(3-6(7)17)9(11,12)13/h2-3H,1H3. The Bertz CT molecular complexity index is 506. The molecule has 0 amide bonds. The number of carbonyl (C=O) groups is 1. The monoisotopic (exact) mass is 398 g/mol. The Labute approximate surface area is 116 Å². The highest BCUT2D eigenvalue weighted by Crippen LogP contribution is 2.39. The minimum absolute atomic E-state index is 0.103. The maximum absolute atomic E-state index is 12.7. The van der Waals surface area contributed by atoms with Crippen LogP contribution in [0.25, 0.3) is 0 Å². The summed E-state index contributed by atoms with van der Waals surface area (Å²) in [5.41, 5.74) is -4.07. The number of hydrogen-bond donors (Lipinski definition) is 0. The van der Waals surface area contributed by atoms with Crippen LogP contribution in [0, 0.1) is 3.57 Å². The molecule has 0 aliphatic carbocycles. The van der Waals surface area contributed by atoms with Gasteiger partial charge >= 0.3 is 18.3 Å². The van der Waals surface area contributed by atoms with Crippen molar-refractivity contribution in [2.24, 2.45) is 0 Å². The number of methoxy groups -OCH3 is 1. The summed E-state index contributed by atoms with van der Waals surface area (Å²) in [6.45, 7) is 0. The predicted molar refractivity (Wildman–Crippen MR) is 60.5 cm³/mol. The number of esters is 1. The van der Waals surface area contributed by atoms with E-state index in [1.54, 1.807) is 0 Å². The molecule has 0 atom stereocenters. The number of benzene rings is 1. The van der Waals surface area contributed by atoms with Crippen molar-refractivity contribution >= 4 is 28.6 Å². The van der Waals surface area contributed by atoms with Gasteiger partial charge in [-0.05, 0) is 34.7 Å². The molecule has 0 heterocycles. The first kappa shape index (κ1) is 16.1. The van der Waals surface area contributed by atoms with Gasteiger partial charge in [0.1, 0.15) is 0 Å². The highest BCUT2D eigenvalue weighted by Gasteiger charge is 2.41. The van der Waals surface area contributed by atoms with E-state index in [-0.39, 0.29) is 6.07 Å². The van der Waals surface area contributed by atoms with Gasteiger partial charge in [0.15, 0.2) is 0 Å². The first-order valence-corrected chi connectivity index (χ1v) is 5.62. The van der Waals surface area contributed by atoms with Crippen molar-refractivity contribution in [2.75, 3.05) is 7.11 Å². The molecule has 0 bridgehead atoms. The maximum atomic E-state index is 12.7. The van der Waals surface area contributed by atoms with Crippen LogP contribution in [0.2, 0.25) is 0 Å². The summed E-state index contributed by atoms with van der Waals surface area (Å²) in [7, 11) is 0.843. The first-order valence-electron chi connectivity index (χ1n) is 4.54. The lowest BCUT2D eigenvalue weighted by Crippen LogP contribution is -2.18. The van der Waals surface area contributed by atoms with Crippen molar-refractivity contribution in [3.63, 3.8) is 0 Å². The molecule has 1 aromatic carbocycles. The zero-order chi connectivity index (χ0) is 15.0. The molecule has 2 nitrogen and oxygen atoms in total. The molecule has 0 radical (unpaired) electrons. The molecule has 0 saturated carbocycles. The van der Waals surface area contributed by atoms with Gasteiger partial charge in [0.05, 0.1) is 23.8 Å². The summed E-state index contributed by atoms with van der Waals surface area (Å²) < 4.78 is 79.2. The van der Waals surface area contributed by atoms with E-state index in [2.05, 4.69) is 4.74 Å². The molecule has 1 rings (SSSR count). The molecule has 0 aliphatic heterocycles. The van der Waals surface area contributed by atoms with Gasteiger partial charge in [0, 0.05) is 3.57 Å². The van der Waals surface area contributed by atoms with Crippen LogP contribution in [-0.4, -0.2) is 13.1 Å². The zero-order valence-corrected chi connectivity index (χ0v) is 11.3. The van der Waals surface area contributed by atoms with Gasteiger partial charge in [-0.15, -0.1) is 0 Å². The fraction of sp³-hybridized carbons (Fsp3) is 0.300. The lowest BCUT2D eigenvalue weighted by molar-refractivity contribution is -0.143. The lowest BCUT2D eigenvalue weighted by Gasteiger charge is -2.16. The van der Waals surface area contributed by atoms with E-state index in [0.717, 1.165) is 7.11 Å². The molecule has 0 fully saturated rings. The number of halogens is 7. The van der Waals surface area contributed by atoms with E-state index < -0.39 is 38.6 Å². The van der Waals surface area contributed by atoms with Gasteiger partial charge in [-0.1, -0.05) is 0 Å². The predicted octanol–water partition coefficient (Wildman–Crippen LogP) is 4.12. The summed E-state index contributed by atoms with van der Waals surface area (Å²) in [6.07, 6.45) is -10.0. The summed E-state index contributed by atoms with van der Waals surface area (Å²) >= 11 is 1.23. The number of hydrogen-bond acceptors (Lipinski definition) is 2. The fourth-order valence-corrected chi connectivity index (χ4v) is 2.15. The van der Waals surface area contributed by atoms with E-state index in [4.69, 9.17) is 0 Å². The van der Waals surface area contributed by atoms with Crippen molar-refractivity contribution in [1.29, 1.82) is 0 Å². The highest BCUT2D eigenvalue weighted by molar-refractivity contribution is 14.1. The van der Waals surface area contributed by atoms with E-state index >= 15 is 0 Å². The smallest absolute Gasteiger partial charge is 0.417 e.